The molecule has 0 N–H and O–H groups in total. The lowest BCUT2D eigenvalue weighted by atomic mass is 9.95. The summed E-state index contributed by atoms with van der Waals surface area (Å²) in [6, 6.07) is 19.7. The molecule has 0 unspecified atom stereocenters. The molecule has 1 aliphatic heterocycles. The van der Waals surface area contributed by atoms with Gasteiger partial charge in [-0.1, -0.05) is 48.0 Å². The fraction of sp³-hybridized carbons (Fsp3) is 0.217. The molecular formula is C23H23NO4S2. The molecule has 1 aliphatic rings. The summed E-state index contributed by atoms with van der Waals surface area (Å²) in [4.78, 5) is 0.611. The van der Waals surface area contributed by atoms with E-state index in [0.717, 1.165) is 27.8 Å². The number of rotatable bonds is 4. The lowest BCUT2D eigenvalue weighted by Crippen LogP contribution is -2.35. The molecule has 0 saturated heterocycles. The van der Waals surface area contributed by atoms with Gasteiger partial charge in [-0.3, -0.25) is 0 Å². The number of benzene rings is 3. The van der Waals surface area contributed by atoms with Gasteiger partial charge in [0.1, 0.15) is 0 Å². The van der Waals surface area contributed by atoms with Crippen molar-refractivity contribution in [2.75, 3.05) is 12.8 Å². The van der Waals surface area contributed by atoms with E-state index in [-0.39, 0.29) is 0 Å². The largest absolute Gasteiger partial charge is 0.243 e. The summed E-state index contributed by atoms with van der Waals surface area (Å²) < 4.78 is 50.8. The molecule has 30 heavy (non-hydrogen) atoms. The summed E-state index contributed by atoms with van der Waals surface area (Å²) in [5.41, 5.74) is 5.06. The topological polar surface area (TPSA) is 71.5 Å². The van der Waals surface area contributed by atoms with Gasteiger partial charge in [0.25, 0.3) is 0 Å². The van der Waals surface area contributed by atoms with Crippen molar-refractivity contribution >= 4 is 19.9 Å². The van der Waals surface area contributed by atoms with E-state index >= 15 is 0 Å². The number of hydrogen-bond donors (Lipinski definition) is 0. The van der Waals surface area contributed by atoms with Crippen molar-refractivity contribution in [2.45, 2.75) is 29.7 Å². The minimum atomic E-state index is -3.53. The second-order valence-electron chi connectivity index (χ2n) is 7.68. The Morgan fingerprint density at radius 3 is 1.97 bits per heavy atom. The molecule has 0 atom stereocenters. The lowest BCUT2D eigenvalue weighted by molar-refractivity contribution is 0.391. The number of sulfone groups is 1. The van der Waals surface area contributed by atoms with Crippen LogP contribution in [0, 0.1) is 6.92 Å². The van der Waals surface area contributed by atoms with Gasteiger partial charge in [0, 0.05) is 19.3 Å². The van der Waals surface area contributed by atoms with Crippen molar-refractivity contribution in [1.29, 1.82) is 0 Å². The predicted octanol–water partition coefficient (Wildman–Crippen LogP) is 3.81. The molecule has 3 aromatic rings. The average molecular weight is 442 g/mol. The zero-order chi connectivity index (χ0) is 21.5. The van der Waals surface area contributed by atoms with Gasteiger partial charge in [-0.05, 0) is 59.9 Å². The molecule has 156 valence electrons. The fourth-order valence-electron chi connectivity index (χ4n) is 3.67. The molecule has 0 spiro atoms. The third kappa shape index (κ3) is 4.05. The van der Waals surface area contributed by atoms with E-state index in [1.54, 1.807) is 36.4 Å². The molecule has 1 heterocycles. The van der Waals surface area contributed by atoms with Gasteiger partial charge in [-0.2, -0.15) is 4.31 Å². The summed E-state index contributed by atoms with van der Waals surface area (Å²) in [6.07, 6.45) is 1.83. The SMILES string of the molecule is Cc1ccc(S(=O)(=O)N2CCc3cc(-c4ccc(S(C)(=O)=O)cc4)ccc3C2)cc1. The lowest BCUT2D eigenvalue weighted by Gasteiger charge is -2.28. The highest BCUT2D eigenvalue weighted by Crippen LogP contribution is 2.29. The van der Waals surface area contributed by atoms with E-state index in [2.05, 4.69) is 6.07 Å². The van der Waals surface area contributed by atoms with Crippen molar-refractivity contribution in [3.8, 4) is 11.1 Å². The van der Waals surface area contributed by atoms with Gasteiger partial charge in [-0.15, -0.1) is 0 Å². The Kier molecular flexibility index (Phi) is 5.30. The molecule has 0 amide bonds. The zero-order valence-electron chi connectivity index (χ0n) is 16.9. The zero-order valence-corrected chi connectivity index (χ0v) is 18.5. The molecule has 0 radical (unpaired) electrons. The van der Waals surface area contributed by atoms with Crippen LogP contribution in [0.5, 0.6) is 0 Å². The number of fused-ring (bicyclic) bond motifs is 1. The predicted molar refractivity (Wildman–Crippen MR) is 117 cm³/mol. The molecular weight excluding hydrogens is 418 g/mol. The monoisotopic (exact) mass is 441 g/mol. The maximum Gasteiger partial charge on any atom is 0.243 e. The Bertz CT molecular complexity index is 1290. The normalized spacial score (nSPS) is 15.0. The summed E-state index contributed by atoms with van der Waals surface area (Å²) in [5.74, 6) is 0. The van der Waals surface area contributed by atoms with Crippen LogP contribution in [0.2, 0.25) is 0 Å². The molecule has 0 aromatic heterocycles. The summed E-state index contributed by atoms with van der Waals surface area (Å²) in [7, 11) is -6.75. The van der Waals surface area contributed by atoms with Crippen LogP contribution in [-0.4, -0.2) is 33.9 Å². The molecule has 0 aliphatic carbocycles. The quantitative estimate of drug-likeness (QED) is 0.617. The third-order valence-corrected chi connectivity index (χ3v) is 8.45. The van der Waals surface area contributed by atoms with Gasteiger partial charge in [-0.25, -0.2) is 16.8 Å². The first kappa shape index (κ1) is 20.8. The molecule has 0 fully saturated rings. The van der Waals surface area contributed by atoms with E-state index in [1.807, 2.05) is 31.2 Å². The second kappa shape index (κ2) is 7.65. The number of sulfonamides is 1. The maximum atomic E-state index is 13.0. The first-order chi connectivity index (χ1) is 14.1. The molecule has 0 bridgehead atoms. The van der Waals surface area contributed by atoms with Crippen LogP contribution in [0.25, 0.3) is 11.1 Å². The average Bonchev–Trinajstić information content (AvgIpc) is 2.73. The van der Waals surface area contributed by atoms with Gasteiger partial charge >= 0.3 is 0 Å². The van der Waals surface area contributed by atoms with Crippen LogP contribution in [0.15, 0.2) is 76.5 Å². The van der Waals surface area contributed by atoms with Crippen LogP contribution < -0.4 is 0 Å². The molecule has 3 aromatic carbocycles. The van der Waals surface area contributed by atoms with Crippen LogP contribution in [0.4, 0.5) is 0 Å². The van der Waals surface area contributed by atoms with E-state index in [1.165, 1.54) is 10.6 Å². The van der Waals surface area contributed by atoms with Crippen LogP contribution in [0.1, 0.15) is 16.7 Å². The maximum absolute atomic E-state index is 13.0. The Morgan fingerprint density at radius 1 is 0.733 bits per heavy atom. The molecule has 7 heteroatoms. The Balaban J connectivity index is 1.58. The van der Waals surface area contributed by atoms with Crippen molar-refractivity contribution in [1.82, 2.24) is 4.31 Å². The van der Waals surface area contributed by atoms with E-state index in [4.69, 9.17) is 0 Å². The highest BCUT2D eigenvalue weighted by atomic mass is 32.2. The van der Waals surface area contributed by atoms with E-state index in [0.29, 0.717) is 29.3 Å². The van der Waals surface area contributed by atoms with Crippen LogP contribution >= 0.6 is 0 Å². The van der Waals surface area contributed by atoms with E-state index < -0.39 is 19.9 Å². The first-order valence-electron chi connectivity index (χ1n) is 9.64. The van der Waals surface area contributed by atoms with Crippen LogP contribution in [-0.2, 0) is 32.8 Å². The number of hydrogen-bond acceptors (Lipinski definition) is 4. The minimum Gasteiger partial charge on any atom is -0.224 e. The molecule has 4 rings (SSSR count). The summed E-state index contributed by atoms with van der Waals surface area (Å²) in [6.45, 7) is 2.71. The fourth-order valence-corrected chi connectivity index (χ4v) is 5.72. The summed E-state index contributed by atoms with van der Waals surface area (Å²) >= 11 is 0. The second-order valence-corrected chi connectivity index (χ2v) is 11.6. The molecule has 5 nitrogen and oxygen atoms in total. The van der Waals surface area contributed by atoms with Crippen molar-refractivity contribution in [3.63, 3.8) is 0 Å². The highest BCUT2D eigenvalue weighted by molar-refractivity contribution is 7.90. The first-order valence-corrected chi connectivity index (χ1v) is 13.0. The van der Waals surface area contributed by atoms with Gasteiger partial charge in [0.2, 0.25) is 10.0 Å². The van der Waals surface area contributed by atoms with Gasteiger partial charge in [0.05, 0.1) is 9.79 Å². The molecule has 0 saturated carbocycles. The smallest absolute Gasteiger partial charge is 0.224 e. The van der Waals surface area contributed by atoms with E-state index in [9.17, 15) is 16.8 Å². The van der Waals surface area contributed by atoms with Crippen molar-refractivity contribution < 1.29 is 16.8 Å². The number of aryl methyl sites for hydroxylation is 1. The van der Waals surface area contributed by atoms with Crippen molar-refractivity contribution in [2.24, 2.45) is 0 Å². The Hall–Kier alpha value is -2.48. The number of nitrogens with zero attached hydrogens (tertiary/aromatic N) is 1. The van der Waals surface area contributed by atoms with Gasteiger partial charge in [0.15, 0.2) is 9.84 Å². The Morgan fingerprint density at radius 2 is 1.33 bits per heavy atom. The van der Waals surface area contributed by atoms with Gasteiger partial charge < -0.3 is 0 Å². The Labute approximate surface area is 178 Å². The summed E-state index contributed by atoms with van der Waals surface area (Å²) in [5, 5.41) is 0. The highest BCUT2D eigenvalue weighted by Gasteiger charge is 2.28. The van der Waals surface area contributed by atoms with Crippen LogP contribution in [0.3, 0.4) is 0 Å². The van der Waals surface area contributed by atoms with Crippen molar-refractivity contribution in [3.05, 3.63) is 83.4 Å². The third-order valence-electron chi connectivity index (χ3n) is 5.46. The minimum absolute atomic E-state index is 0.293. The standard InChI is InChI=1S/C23H23NO4S2/c1-17-3-9-23(10-4-17)30(27,28)24-14-13-20-15-19(5-6-21(20)16-24)18-7-11-22(12-8-18)29(2,25)26/h3-12,15H,13-14,16H2,1-2H3.